The molecule has 2 aliphatic heterocycles. The van der Waals surface area contributed by atoms with E-state index in [0.717, 1.165) is 38.4 Å². The lowest BCUT2D eigenvalue weighted by Crippen LogP contribution is -2.45. The van der Waals surface area contributed by atoms with Crippen LogP contribution in [0.5, 0.6) is 0 Å². The van der Waals surface area contributed by atoms with Gasteiger partial charge in [0, 0.05) is 43.9 Å². The number of Topliss-reactive ketones (excluding diaryl/α,β-unsaturated/α-hetero) is 1. The Bertz CT molecular complexity index is 1580. The second kappa shape index (κ2) is 12.6. The van der Waals surface area contributed by atoms with Crippen LogP contribution in [-0.2, 0) is 4.79 Å². The van der Waals surface area contributed by atoms with Crippen LogP contribution in [0.2, 0.25) is 0 Å². The maximum absolute atomic E-state index is 14.1. The van der Waals surface area contributed by atoms with Gasteiger partial charge in [0.1, 0.15) is 17.2 Å². The van der Waals surface area contributed by atoms with Crippen molar-refractivity contribution in [2.45, 2.75) is 81.9 Å². The monoisotopic (exact) mass is 639 g/mol. The number of nitrogens with one attached hydrogen (secondary N) is 2. The Morgan fingerprint density at radius 3 is 2.70 bits per heavy atom. The molecule has 12 nitrogen and oxygen atoms in total. The van der Waals surface area contributed by atoms with E-state index >= 15 is 0 Å². The van der Waals surface area contributed by atoms with E-state index in [1.54, 1.807) is 6.20 Å². The lowest BCUT2D eigenvalue weighted by molar-refractivity contribution is -0.120. The van der Waals surface area contributed by atoms with E-state index < -0.39 is 23.6 Å². The minimum Gasteiger partial charge on any atom is -0.389 e. The van der Waals surface area contributed by atoms with Gasteiger partial charge < -0.3 is 25.5 Å². The molecule has 4 aliphatic rings. The number of carbonyl (C=O) groups excluding carboxylic acids is 2. The van der Waals surface area contributed by atoms with Crippen LogP contribution in [0.1, 0.15) is 86.3 Å². The summed E-state index contributed by atoms with van der Waals surface area (Å²) >= 11 is 0. The molecule has 7 rings (SSSR count). The summed E-state index contributed by atoms with van der Waals surface area (Å²) in [4.78, 5) is 34.4. The fourth-order valence-corrected chi connectivity index (χ4v) is 7.96. The number of aromatic nitrogens is 5. The van der Waals surface area contributed by atoms with Crippen molar-refractivity contribution >= 4 is 28.8 Å². The first-order valence-corrected chi connectivity index (χ1v) is 16.6. The first-order valence-electron chi connectivity index (χ1n) is 16.6. The molecule has 46 heavy (non-hydrogen) atoms. The quantitative estimate of drug-likeness (QED) is 0.305. The first kappa shape index (κ1) is 31.1. The Labute approximate surface area is 266 Å². The van der Waals surface area contributed by atoms with Crippen molar-refractivity contribution in [3.05, 3.63) is 35.9 Å². The van der Waals surface area contributed by atoms with Crippen LogP contribution in [0.25, 0.3) is 5.65 Å². The van der Waals surface area contributed by atoms with Crippen LogP contribution in [0.3, 0.4) is 0 Å². The molecule has 0 radical (unpaired) electrons. The summed E-state index contributed by atoms with van der Waals surface area (Å²) < 4.78 is 31.2. The van der Waals surface area contributed by atoms with Gasteiger partial charge in [-0.15, -0.1) is 0 Å². The Balaban J connectivity index is 0.995. The van der Waals surface area contributed by atoms with E-state index in [-0.39, 0.29) is 35.0 Å². The summed E-state index contributed by atoms with van der Waals surface area (Å²) in [5.41, 5.74) is -0.905. The number of amides is 1. The number of aliphatic hydroxyl groups is 1. The molecule has 4 fully saturated rings. The molecule has 2 atom stereocenters. The first-order chi connectivity index (χ1) is 22.2. The molecule has 2 saturated heterocycles. The maximum atomic E-state index is 14.1. The number of rotatable bonds is 10. The van der Waals surface area contributed by atoms with Gasteiger partial charge in [-0.3, -0.25) is 14.3 Å². The Kier molecular flexibility index (Phi) is 8.53. The van der Waals surface area contributed by atoms with Crippen LogP contribution in [0, 0.1) is 11.8 Å². The zero-order valence-electron chi connectivity index (χ0n) is 26.2. The van der Waals surface area contributed by atoms with Crippen molar-refractivity contribution in [2.75, 3.05) is 50.0 Å². The SMILES string of the molecule is CN(CCC1CCNCC1)CC1(O)CCC(n2cc(NC(=O)c3cnn4ccc(N5C[C@H]6C[C@@H]5CC6=O)nc34)c(C(F)F)n2)CC1. The third-order valence-corrected chi connectivity index (χ3v) is 10.6. The summed E-state index contributed by atoms with van der Waals surface area (Å²) in [6.45, 7) is 4.29. The van der Waals surface area contributed by atoms with Crippen molar-refractivity contribution in [3.63, 3.8) is 0 Å². The van der Waals surface area contributed by atoms with Gasteiger partial charge >= 0.3 is 0 Å². The van der Waals surface area contributed by atoms with Crippen LogP contribution < -0.4 is 15.5 Å². The maximum Gasteiger partial charge on any atom is 0.284 e. The lowest BCUT2D eigenvalue weighted by Gasteiger charge is -2.39. The highest BCUT2D eigenvalue weighted by Gasteiger charge is 2.44. The molecular formula is C32H43F2N9O3. The van der Waals surface area contributed by atoms with Crippen LogP contribution in [0.4, 0.5) is 20.3 Å². The highest BCUT2D eigenvalue weighted by Crippen LogP contribution is 2.39. The molecule has 1 amide bonds. The Morgan fingerprint density at radius 1 is 1.22 bits per heavy atom. The number of carbonyl (C=O) groups is 2. The molecule has 3 aromatic heterocycles. The van der Waals surface area contributed by atoms with Crippen molar-refractivity contribution in [3.8, 4) is 0 Å². The topological polar surface area (TPSA) is 133 Å². The summed E-state index contributed by atoms with van der Waals surface area (Å²) in [6, 6.07) is 1.75. The number of ketones is 1. The van der Waals surface area contributed by atoms with Gasteiger partial charge in [0.05, 0.1) is 23.5 Å². The smallest absolute Gasteiger partial charge is 0.284 e. The average molecular weight is 640 g/mol. The number of anilines is 2. The second-order valence-corrected chi connectivity index (χ2v) is 13.9. The third kappa shape index (κ3) is 6.26. The van der Waals surface area contributed by atoms with Crippen molar-refractivity contribution < 1.29 is 23.5 Å². The summed E-state index contributed by atoms with van der Waals surface area (Å²) in [5.74, 6) is 1.09. The highest BCUT2D eigenvalue weighted by molar-refractivity contribution is 6.08. The number of piperidine rings is 2. The van der Waals surface area contributed by atoms with Crippen LogP contribution in [-0.4, -0.2) is 97.5 Å². The number of hydrogen-bond acceptors (Lipinski definition) is 9. The number of likely N-dealkylation sites (N-methyl/N-ethyl adjacent to an activating group) is 1. The Hall–Kier alpha value is -3.49. The fourth-order valence-electron chi connectivity index (χ4n) is 7.96. The Morgan fingerprint density at radius 2 is 2.00 bits per heavy atom. The minimum atomic E-state index is -2.88. The van der Waals surface area contributed by atoms with Crippen molar-refractivity contribution in [1.29, 1.82) is 0 Å². The lowest BCUT2D eigenvalue weighted by atomic mass is 9.81. The summed E-state index contributed by atoms with van der Waals surface area (Å²) in [6.07, 6.45) is 8.81. The molecule has 3 aromatic rings. The molecule has 3 N–H and O–H groups in total. The minimum absolute atomic E-state index is 0.0217. The summed E-state index contributed by atoms with van der Waals surface area (Å²) in [7, 11) is 2.06. The largest absolute Gasteiger partial charge is 0.389 e. The standard InChI is InChI=1S/C32H43F2N9O3/c1-40(12-6-20-4-10-35-11-5-20)19-32(46)8-2-22(3-9-32)43-18-25(28(39-43)29(33)34)37-31(45)24-16-36-42-13-7-27(38-30(24)42)41-17-21-14-23(41)15-26(21)44/h7,13,16,18,20-23,29,35,46H,2-6,8-12,14-15,17,19H2,1H3,(H,37,45)/t21-,22?,23-,32?/m1/s1. The molecule has 248 valence electrons. The molecule has 2 bridgehead atoms. The summed E-state index contributed by atoms with van der Waals surface area (Å²) in [5, 5.41) is 25.8. The molecule has 5 heterocycles. The third-order valence-electron chi connectivity index (χ3n) is 10.6. The van der Waals surface area contributed by atoms with E-state index in [1.807, 2.05) is 6.07 Å². The van der Waals surface area contributed by atoms with Gasteiger partial charge in [0.25, 0.3) is 12.3 Å². The number of nitrogens with zero attached hydrogens (tertiary/aromatic N) is 7. The zero-order chi connectivity index (χ0) is 32.0. The molecule has 0 aromatic carbocycles. The van der Waals surface area contributed by atoms with E-state index in [0.29, 0.717) is 56.7 Å². The van der Waals surface area contributed by atoms with E-state index in [4.69, 9.17) is 0 Å². The highest BCUT2D eigenvalue weighted by atomic mass is 19.3. The number of halogens is 2. The van der Waals surface area contributed by atoms with Crippen LogP contribution >= 0.6 is 0 Å². The van der Waals surface area contributed by atoms with Gasteiger partial charge in [-0.1, -0.05) is 0 Å². The molecule has 0 unspecified atom stereocenters. The van der Waals surface area contributed by atoms with Gasteiger partial charge in [-0.05, 0) is 90.0 Å². The molecule has 0 spiro atoms. The van der Waals surface area contributed by atoms with Crippen molar-refractivity contribution in [2.24, 2.45) is 11.8 Å². The van der Waals surface area contributed by atoms with Gasteiger partial charge in [-0.2, -0.15) is 10.2 Å². The van der Waals surface area contributed by atoms with E-state index in [1.165, 1.54) is 34.4 Å². The molecule has 2 saturated carbocycles. The predicted octanol–water partition coefficient (Wildman–Crippen LogP) is 3.45. The average Bonchev–Trinajstić information content (AvgIpc) is 3.83. The molecular weight excluding hydrogens is 596 g/mol. The number of alkyl halides is 2. The fraction of sp³-hybridized carbons (Fsp3) is 0.656. The van der Waals surface area contributed by atoms with Crippen LogP contribution in [0.15, 0.2) is 24.7 Å². The van der Waals surface area contributed by atoms with E-state index in [9.17, 15) is 23.5 Å². The normalized spacial score (nSPS) is 27.0. The number of fused-ring (bicyclic) bond motifs is 3. The van der Waals surface area contributed by atoms with E-state index in [2.05, 4.69) is 42.7 Å². The van der Waals surface area contributed by atoms with Gasteiger partial charge in [-0.25, -0.2) is 18.3 Å². The van der Waals surface area contributed by atoms with Gasteiger partial charge in [0.15, 0.2) is 11.3 Å². The zero-order valence-corrected chi connectivity index (χ0v) is 26.2. The second-order valence-electron chi connectivity index (χ2n) is 13.9. The van der Waals surface area contributed by atoms with Crippen molar-refractivity contribution in [1.82, 2.24) is 34.6 Å². The van der Waals surface area contributed by atoms with Gasteiger partial charge in [0.2, 0.25) is 0 Å². The number of hydrogen-bond donors (Lipinski definition) is 3. The molecule has 14 heteroatoms. The molecule has 2 aliphatic carbocycles. The predicted molar refractivity (Wildman–Crippen MR) is 167 cm³/mol.